The van der Waals surface area contributed by atoms with E-state index in [1.165, 1.54) is 5.56 Å². The maximum absolute atomic E-state index is 11.8. The van der Waals surface area contributed by atoms with Gasteiger partial charge in [0.15, 0.2) is 0 Å². The Hall–Kier alpha value is -3.39. The molecule has 0 atom stereocenters. The van der Waals surface area contributed by atoms with Crippen LogP contribution < -0.4 is 4.90 Å². The molecule has 2 aromatic carbocycles. The minimum Gasteiger partial charge on any atom is -0.361 e. The SMILES string of the molecule is Cc1ccc(-c2c(C)noc2C)cc1N(CC1CCC(=O)CC1)c1ccc(C2(C#N)CC2)cc1. The van der Waals surface area contributed by atoms with E-state index in [9.17, 15) is 10.1 Å². The molecule has 2 aliphatic carbocycles. The van der Waals surface area contributed by atoms with Crippen molar-refractivity contribution in [1.82, 2.24) is 5.16 Å². The topological polar surface area (TPSA) is 70.1 Å². The van der Waals surface area contributed by atoms with Crippen LogP contribution in [0.5, 0.6) is 0 Å². The number of hydrogen-bond donors (Lipinski definition) is 0. The highest BCUT2D eigenvalue weighted by molar-refractivity contribution is 5.79. The van der Waals surface area contributed by atoms with Crippen molar-refractivity contribution in [2.45, 2.75) is 64.7 Å². The zero-order valence-electron chi connectivity index (χ0n) is 20.2. The van der Waals surface area contributed by atoms with Gasteiger partial charge in [-0.25, -0.2) is 0 Å². The molecule has 5 nitrogen and oxygen atoms in total. The second kappa shape index (κ2) is 8.76. The fraction of sp³-hybridized carbons (Fsp3) is 0.414. The summed E-state index contributed by atoms with van der Waals surface area (Å²) < 4.78 is 5.44. The van der Waals surface area contributed by atoms with Crippen LogP contribution in [0.3, 0.4) is 0 Å². The highest BCUT2D eigenvalue weighted by Gasteiger charge is 2.44. The minimum atomic E-state index is -0.285. The number of hydrogen-bond acceptors (Lipinski definition) is 5. The van der Waals surface area contributed by atoms with Crippen LogP contribution in [0.25, 0.3) is 11.1 Å². The van der Waals surface area contributed by atoms with Crippen molar-refractivity contribution in [2.24, 2.45) is 5.92 Å². The van der Waals surface area contributed by atoms with E-state index >= 15 is 0 Å². The first-order chi connectivity index (χ1) is 16.4. The van der Waals surface area contributed by atoms with Crippen molar-refractivity contribution in [3.63, 3.8) is 0 Å². The van der Waals surface area contributed by atoms with Gasteiger partial charge in [-0.15, -0.1) is 0 Å². The van der Waals surface area contributed by atoms with Gasteiger partial charge in [0.1, 0.15) is 11.5 Å². The molecule has 5 heteroatoms. The van der Waals surface area contributed by atoms with Crippen molar-refractivity contribution in [1.29, 1.82) is 5.26 Å². The molecule has 2 fully saturated rings. The molecule has 2 saturated carbocycles. The van der Waals surface area contributed by atoms with Gasteiger partial charge in [0.2, 0.25) is 0 Å². The normalized spacial score (nSPS) is 17.4. The lowest BCUT2D eigenvalue weighted by atomic mass is 9.87. The summed E-state index contributed by atoms with van der Waals surface area (Å²) in [6.45, 7) is 6.94. The smallest absolute Gasteiger partial charge is 0.141 e. The number of carbonyl (C=O) groups excluding carboxylic acids is 1. The molecule has 0 spiro atoms. The lowest BCUT2D eigenvalue weighted by molar-refractivity contribution is -0.120. The predicted molar refractivity (Wildman–Crippen MR) is 133 cm³/mol. The second-order valence-electron chi connectivity index (χ2n) is 10.0. The summed E-state index contributed by atoms with van der Waals surface area (Å²) in [5, 5.41) is 13.8. The van der Waals surface area contributed by atoms with Crippen molar-refractivity contribution < 1.29 is 9.32 Å². The van der Waals surface area contributed by atoms with Crippen molar-refractivity contribution in [3.05, 3.63) is 65.0 Å². The van der Waals surface area contributed by atoms with Crippen molar-refractivity contribution in [3.8, 4) is 17.2 Å². The van der Waals surface area contributed by atoms with Crippen molar-refractivity contribution in [2.75, 3.05) is 11.4 Å². The van der Waals surface area contributed by atoms with E-state index in [2.05, 4.69) is 65.5 Å². The Morgan fingerprint density at radius 2 is 1.79 bits per heavy atom. The first kappa shape index (κ1) is 22.4. The Kier molecular flexibility index (Phi) is 5.77. The van der Waals surface area contributed by atoms with Gasteiger partial charge in [-0.2, -0.15) is 5.26 Å². The standard InChI is InChI=1S/C29H31N3O2/c1-19-4-7-23(28-20(2)31-34-21(28)3)16-27(19)32(17-22-5-12-26(33)13-6-22)25-10-8-24(9-11-25)29(18-30)14-15-29/h4,7-11,16,22H,5-6,12-15,17H2,1-3H3. The number of carbonyl (C=O) groups is 1. The van der Waals surface area contributed by atoms with Gasteiger partial charge in [-0.3, -0.25) is 4.79 Å². The molecule has 0 N–H and O–H groups in total. The summed E-state index contributed by atoms with van der Waals surface area (Å²) in [5.74, 6) is 1.67. The molecular weight excluding hydrogens is 422 g/mol. The van der Waals surface area contributed by atoms with E-state index in [4.69, 9.17) is 4.52 Å². The molecule has 174 valence electrons. The van der Waals surface area contributed by atoms with Crippen molar-refractivity contribution >= 4 is 17.2 Å². The molecular formula is C29H31N3O2. The van der Waals surface area contributed by atoms with E-state index in [0.29, 0.717) is 24.5 Å². The predicted octanol–water partition coefficient (Wildman–Crippen LogP) is 6.72. The van der Waals surface area contributed by atoms with Crippen LogP contribution in [-0.4, -0.2) is 17.5 Å². The molecule has 0 aliphatic heterocycles. The van der Waals surface area contributed by atoms with Gasteiger partial charge in [-0.1, -0.05) is 29.4 Å². The zero-order valence-corrected chi connectivity index (χ0v) is 20.2. The highest BCUT2D eigenvalue weighted by atomic mass is 16.5. The molecule has 1 heterocycles. The highest BCUT2D eigenvalue weighted by Crippen LogP contribution is 2.48. The molecule has 0 amide bonds. The van der Waals surface area contributed by atoms with Gasteiger partial charge in [0.25, 0.3) is 0 Å². The summed E-state index contributed by atoms with van der Waals surface area (Å²) in [6.07, 6.45) is 5.13. The molecule has 5 rings (SSSR count). The molecule has 0 bridgehead atoms. The Balaban J connectivity index is 1.54. The molecule has 3 aromatic rings. The summed E-state index contributed by atoms with van der Waals surface area (Å²) >= 11 is 0. The fourth-order valence-corrected chi connectivity index (χ4v) is 5.28. The van der Waals surface area contributed by atoms with E-state index in [1.54, 1.807) is 0 Å². The average Bonchev–Trinajstić information content (AvgIpc) is 3.58. The van der Waals surface area contributed by atoms with Crippen LogP contribution in [0.2, 0.25) is 0 Å². The Labute approximate surface area is 201 Å². The van der Waals surface area contributed by atoms with Gasteiger partial charge in [0.05, 0.1) is 17.2 Å². The first-order valence-corrected chi connectivity index (χ1v) is 12.2. The number of ketones is 1. The summed E-state index contributed by atoms with van der Waals surface area (Å²) in [5.41, 5.74) is 7.33. The maximum Gasteiger partial charge on any atom is 0.141 e. The fourth-order valence-electron chi connectivity index (χ4n) is 5.28. The third-order valence-electron chi connectivity index (χ3n) is 7.62. The number of nitrogens with zero attached hydrogens (tertiary/aromatic N) is 3. The third kappa shape index (κ3) is 4.14. The van der Waals surface area contributed by atoms with E-state index < -0.39 is 0 Å². The second-order valence-corrected chi connectivity index (χ2v) is 10.0. The van der Waals surface area contributed by atoms with Crippen LogP contribution in [-0.2, 0) is 10.2 Å². The van der Waals surface area contributed by atoms with Crippen LogP contribution in [0, 0.1) is 38.0 Å². The lowest BCUT2D eigenvalue weighted by Crippen LogP contribution is -2.28. The molecule has 0 radical (unpaired) electrons. The monoisotopic (exact) mass is 453 g/mol. The number of benzene rings is 2. The lowest BCUT2D eigenvalue weighted by Gasteiger charge is -2.33. The van der Waals surface area contributed by atoms with E-state index in [-0.39, 0.29) is 5.41 Å². The molecule has 0 saturated heterocycles. The van der Waals surface area contributed by atoms with Crippen LogP contribution in [0.15, 0.2) is 47.0 Å². The average molecular weight is 454 g/mol. The summed E-state index contributed by atoms with van der Waals surface area (Å²) in [4.78, 5) is 14.2. The van der Waals surface area contributed by atoms with Crippen LogP contribution in [0.4, 0.5) is 11.4 Å². The van der Waals surface area contributed by atoms with Gasteiger partial charge >= 0.3 is 0 Å². The quantitative estimate of drug-likeness (QED) is 0.414. The molecule has 2 aliphatic rings. The van der Waals surface area contributed by atoms with E-state index in [0.717, 1.165) is 71.7 Å². The van der Waals surface area contributed by atoms with Crippen LogP contribution in [0.1, 0.15) is 61.1 Å². The zero-order chi connectivity index (χ0) is 23.9. The Morgan fingerprint density at radius 3 is 2.38 bits per heavy atom. The van der Waals surface area contributed by atoms with Gasteiger partial charge < -0.3 is 9.42 Å². The summed E-state index contributed by atoms with van der Waals surface area (Å²) in [7, 11) is 0. The Bertz CT molecular complexity index is 1230. The van der Waals surface area contributed by atoms with Crippen LogP contribution >= 0.6 is 0 Å². The number of aryl methyl sites for hydroxylation is 3. The van der Waals surface area contributed by atoms with Gasteiger partial charge in [-0.05, 0) is 87.3 Å². The minimum absolute atomic E-state index is 0.285. The molecule has 34 heavy (non-hydrogen) atoms. The number of nitriles is 1. The molecule has 1 aromatic heterocycles. The summed E-state index contributed by atoms with van der Waals surface area (Å²) in [6, 6.07) is 17.6. The number of anilines is 2. The first-order valence-electron chi connectivity index (χ1n) is 12.2. The third-order valence-corrected chi connectivity index (χ3v) is 7.62. The number of rotatable bonds is 6. The van der Waals surface area contributed by atoms with E-state index in [1.807, 2.05) is 13.8 Å². The largest absolute Gasteiger partial charge is 0.361 e. The number of aromatic nitrogens is 1. The van der Waals surface area contributed by atoms with Gasteiger partial charge in [0, 0.05) is 36.3 Å². The Morgan fingerprint density at radius 1 is 1.09 bits per heavy atom. The number of Topliss-reactive ketones (excluding diaryl/α,β-unsaturated/α-hetero) is 1. The molecule has 0 unspecified atom stereocenters. The maximum atomic E-state index is 11.8.